The molecule has 0 aliphatic heterocycles. The number of carbonyl (C=O) groups excluding carboxylic acids is 4. The van der Waals surface area contributed by atoms with Gasteiger partial charge in [-0.05, 0) is 42.0 Å². The van der Waals surface area contributed by atoms with Crippen LogP contribution in [0.15, 0.2) is 97.1 Å². The van der Waals surface area contributed by atoms with Crippen LogP contribution in [0.4, 0.5) is 0 Å². The van der Waals surface area contributed by atoms with E-state index in [1.807, 2.05) is 105 Å². The van der Waals surface area contributed by atoms with Gasteiger partial charge in [-0.1, -0.05) is 111 Å². The molecule has 0 spiro atoms. The molecule has 0 heterocycles. The van der Waals surface area contributed by atoms with Gasteiger partial charge in [0.15, 0.2) is 6.61 Å². The molecular formula is C37H41N3O5. The van der Waals surface area contributed by atoms with Gasteiger partial charge in [-0.15, -0.1) is 5.92 Å². The van der Waals surface area contributed by atoms with Crippen LogP contribution in [-0.4, -0.2) is 48.4 Å². The van der Waals surface area contributed by atoms with Crippen molar-refractivity contribution < 1.29 is 23.9 Å². The third-order valence-electron chi connectivity index (χ3n) is 6.83. The van der Waals surface area contributed by atoms with Crippen LogP contribution in [0.25, 0.3) is 6.08 Å². The molecule has 3 aromatic carbocycles. The standard InChI is InChI=1S/C37H41N3O5/c1-4-5-23-45-37(44)33(26-30-19-13-8-14-20-30)40-36(43)32(25-29-17-11-7-12-18-29)39-35(42)31(24-27(2)3)38-34(41)22-21-28-15-9-6-10-16-28/h6-22,27,31-33H,23-26H2,1-3H3,(H,38,41)(H,39,42)(H,40,43)/b22-21+/t31-,32-,33-/m0/s1. The van der Waals surface area contributed by atoms with Crippen molar-refractivity contribution in [1.82, 2.24) is 16.0 Å². The molecule has 3 atom stereocenters. The third kappa shape index (κ3) is 12.5. The lowest BCUT2D eigenvalue weighted by Crippen LogP contribution is -2.57. The fraction of sp³-hybridized carbons (Fsp3) is 0.297. The van der Waals surface area contributed by atoms with Crippen LogP contribution in [0, 0.1) is 17.8 Å². The summed E-state index contributed by atoms with van der Waals surface area (Å²) in [5.74, 6) is 3.34. The SMILES string of the molecule is CC#CCOC(=O)[C@H](Cc1ccccc1)NC(=O)[C@H](Cc1ccccc1)NC(=O)[C@H](CC(C)C)NC(=O)/C=C/c1ccccc1. The molecule has 3 aromatic rings. The molecule has 0 aromatic heterocycles. The molecular weight excluding hydrogens is 566 g/mol. The van der Waals surface area contributed by atoms with Gasteiger partial charge in [-0.3, -0.25) is 14.4 Å². The van der Waals surface area contributed by atoms with E-state index in [2.05, 4.69) is 27.8 Å². The van der Waals surface area contributed by atoms with Crippen molar-refractivity contribution in [3.8, 4) is 11.8 Å². The van der Waals surface area contributed by atoms with Gasteiger partial charge in [-0.2, -0.15) is 0 Å². The molecule has 3 rings (SSSR count). The van der Waals surface area contributed by atoms with Crippen molar-refractivity contribution in [2.75, 3.05) is 6.61 Å². The molecule has 3 amide bonds. The zero-order chi connectivity index (χ0) is 32.4. The van der Waals surface area contributed by atoms with E-state index in [1.54, 1.807) is 13.0 Å². The largest absolute Gasteiger partial charge is 0.451 e. The van der Waals surface area contributed by atoms with E-state index in [-0.39, 0.29) is 25.4 Å². The second-order valence-electron chi connectivity index (χ2n) is 11.0. The van der Waals surface area contributed by atoms with Gasteiger partial charge in [-0.25, -0.2) is 4.79 Å². The predicted octanol–water partition coefficient (Wildman–Crippen LogP) is 4.25. The van der Waals surface area contributed by atoms with Crippen molar-refractivity contribution in [1.29, 1.82) is 0 Å². The van der Waals surface area contributed by atoms with Crippen LogP contribution < -0.4 is 16.0 Å². The third-order valence-corrected chi connectivity index (χ3v) is 6.83. The van der Waals surface area contributed by atoms with Crippen molar-refractivity contribution in [2.24, 2.45) is 5.92 Å². The van der Waals surface area contributed by atoms with E-state index in [0.717, 1.165) is 16.7 Å². The Kier molecular flexibility index (Phi) is 14.1. The number of ether oxygens (including phenoxy) is 1. The average Bonchev–Trinajstić information content (AvgIpc) is 3.04. The molecule has 0 aliphatic rings. The number of carbonyl (C=O) groups is 4. The Balaban J connectivity index is 1.81. The molecule has 0 aliphatic carbocycles. The van der Waals surface area contributed by atoms with Gasteiger partial charge in [0.25, 0.3) is 0 Å². The van der Waals surface area contributed by atoms with Gasteiger partial charge < -0.3 is 20.7 Å². The number of hydrogen-bond donors (Lipinski definition) is 3. The van der Waals surface area contributed by atoms with E-state index in [4.69, 9.17) is 4.74 Å². The zero-order valence-corrected chi connectivity index (χ0v) is 26.0. The fourth-order valence-electron chi connectivity index (χ4n) is 4.59. The molecule has 234 valence electrons. The minimum atomic E-state index is -1.03. The van der Waals surface area contributed by atoms with E-state index < -0.39 is 41.8 Å². The lowest BCUT2D eigenvalue weighted by molar-refractivity contribution is -0.146. The van der Waals surface area contributed by atoms with Crippen molar-refractivity contribution in [2.45, 2.75) is 58.2 Å². The second-order valence-corrected chi connectivity index (χ2v) is 11.0. The van der Waals surface area contributed by atoms with E-state index in [0.29, 0.717) is 6.42 Å². The Morgan fingerprint density at radius 2 is 1.22 bits per heavy atom. The molecule has 0 saturated heterocycles. The smallest absolute Gasteiger partial charge is 0.329 e. The summed E-state index contributed by atoms with van der Waals surface area (Å²) >= 11 is 0. The predicted molar refractivity (Wildman–Crippen MR) is 175 cm³/mol. The van der Waals surface area contributed by atoms with Crippen molar-refractivity contribution in [3.63, 3.8) is 0 Å². The summed E-state index contributed by atoms with van der Waals surface area (Å²) < 4.78 is 5.31. The summed E-state index contributed by atoms with van der Waals surface area (Å²) in [7, 11) is 0. The molecule has 0 saturated carbocycles. The Morgan fingerprint density at radius 3 is 1.78 bits per heavy atom. The highest BCUT2D eigenvalue weighted by Crippen LogP contribution is 2.11. The van der Waals surface area contributed by atoms with Crippen LogP contribution >= 0.6 is 0 Å². The zero-order valence-electron chi connectivity index (χ0n) is 26.0. The van der Waals surface area contributed by atoms with Gasteiger partial charge in [0.05, 0.1) is 0 Å². The quantitative estimate of drug-likeness (QED) is 0.136. The summed E-state index contributed by atoms with van der Waals surface area (Å²) in [5, 5.41) is 8.44. The van der Waals surface area contributed by atoms with Crippen LogP contribution in [0.5, 0.6) is 0 Å². The lowest BCUT2D eigenvalue weighted by atomic mass is 10.0. The number of benzene rings is 3. The minimum Gasteiger partial charge on any atom is -0.451 e. The number of hydrogen-bond acceptors (Lipinski definition) is 5. The highest BCUT2D eigenvalue weighted by molar-refractivity contribution is 5.97. The highest BCUT2D eigenvalue weighted by Gasteiger charge is 2.30. The number of esters is 1. The number of nitrogens with one attached hydrogen (secondary N) is 3. The molecule has 8 heteroatoms. The topological polar surface area (TPSA) is 114 Å². The molecule has 45 heavy (non-hydrogen) atoms. The van der Waals surface area contributed by atoms with Crippen LogP contribution in [0.1, 0.15) is 43.9 Å². The molecule has 3 N–H and O–H groups in total. The Morgan fingerprint density at radius 1 is 0.711 bits per heavy atom. The van der Waals surface area contributed by atoms with Crippen molar-refractivity contribution >= 4 is 29.8 Å². The van der Waals surface area contributed by atoms with E-state index in [9.17, 15) is 19.2 Å². The molecule has 8 nitrogen and oxygen atoms in total. The van der Waals surface area contributed by atoms with Crippen LogP contribution in [-0.2, 0) is 36.8 Å². The lowest BCUT2D eigenvalue weighted by Gasteiger charge is -2.25. The Hall–Kier alpha value is -5.16. The fourth-order valence-corrected chi connectivity index (χ4v) is 4.59. The normalized spacial score (nSPS) is 12.7. The van der Waals surface area contributed by atoms with Gasteiger partial charge in [0, 0.05) is 18.9 Å². The Bertz CT molecular complexity index is 1480. The summed E-state index contributed by atoms with van der Waals surface area (Å²) in [4.78, 5) is 53.3. The maximum absolute atomic E-state index is 13.8. The highest BCUT2D eigenvalue weighted by atomic mass is 16.5. The molecule has 0 fully saturated rings. The van der Waals surface area contributed by atoms with E-state index in [1.165, 1.54) is 6.08 Å². The van der Waals surface area contributed by atoms with Crippen LogP contribution in [0.2, 0.25) is 0 Å². The number of amides is 3. The molecule has 0 bridgehead atoms. The summed E-state index contributed by atoms with van der Waals surface area (Å²) in [5.41, 5.74) is 2.49. The maximum atomic E-state index is 13.8. The van der Waals surface area contributed by atoms with Gasteiger partial charge in [0.2, 0.25) is 17.7 Å². The van der Waals surface area contributed by atoms with Crippen molar-refractivity contribution in [3.05, 3.63) is 114 Å². The minimum absolute atomic E-state index is 0.0804. The summed E-state index contributed by atoms with van der Waals surface area (Å²) in [6.07, 6.45) is 3.77. The van der Waals surface area contributed by atoms with E-state index >= 15 is 0 Å². The first-order chi connectivity index (χ1) is 21.7. The summed E-state index contributed by atoms with van der Waals surface area (Å²) in [6.45, 7) is 5.44. The molecule has 0 unspecified atom stereocenters. The van der Waals surface area contributed by atoms with Gasteiger partial charge >= 0.3 is 5.97 Å². The average molecular weight is 608 g/mol. The number of rotatable bonds is 15. The maximum Gasteiger partial charge on any atom is 0.329 e. The van der Waals surface area contributed by atoms with Crippen LogP contribution in [0.3, 0.4) is 0 Å². The second kappa shape index (κ2) is 18.5. The molecule has 0 radical (unpaired) electrons. The summed E-state index contributed by atoms with van der Waals surface area (Å²) in [6, 6.07) is 24.9. The van der Waals surface area contributed by atoms with Gasteiger partial charge in [0.1, 0.15) is 18.1 Å². The first-order valence-corrected chi connectivity index (χ1v) is 15.0. The monoisotopic (exact) mass is 607 g/mol. The first kappa shape index (κ1) is 34.3. The Labute approximate surface area is 265 Å². The first-order valence-electron chi connectivity index (χ1n) is 15.0.